The zero-order valence-corrected chi connectivity index (χ0v) is 14.5. The number of nitrogens with one attached hydrogen (secondary N) is 2. The number of rotatable bonds is 4. The van der Waals surface area contributed by atoms with E-state index in [1.54, 1.807) is 0 Å². The summed E-state index contributed by atoms with van der Waals surface area (Å²) in [5, 5.41) is 25.7. The van der Waals surface area contributed by atoms with E-state index in [9.17, 15) is 25.0 Å². The molecule has 0 aliphatic rings. The van der Waals surface area contributed by atoms with Crippen LogP contribution in [-0.2, 0) is 0 Å². The Morgan fingerprint density at radius 3 is 1.21 bits per heavy atom. The summed E-state index contributed by atoms with van der Waals surface area (Å²) in [5.74, 6) is 0. The molecule has 9 heteroatoms. The lowest BCUT2D eigenvalue weighted by molar-refractivity contribution is -0.389. The van der Waals surface area contributed by atoms with E-state index in [0.717, 1.165) is 35.6 Å². The minimum atomic E-state index is -0.607. The number of carbonyl (C=O) groups is 1. The van der Waals surface area contributed by atoms with Gasteiger partial charge in [-0.1, -0.05) is 36.4 Å². The van der Waals surface area contributed by atoms with Gasteiger partial charge >= 0.3 is 6.03 Å². The maximum Gasteiger partial charge on any atom is 0.323 e. The molecule has 3 aromatic carbocycles. The molecule has 3 aromatic rings. The molecular formula is C19H16N4O5. The summed E-state index contributed by atoms with van der Waals surface area (Å²) in [6.45, 7) is 0. The standard InChI is InChI=1S/C13H12N2O.C6H4N2O4/c16-13(14-11-7-3-1-4-8-11)15-12-9-5-2-6-10-12;9-7(10)5-1-2-6(4-3-5)8(11)12/h1-10H,(H2,14,15,16);1-4H. The summed E-state index contributed by atoms with van der Waals surface area (Å²) in [7, 11) is 0. The number of nitro benzene ring substituents is 2. The molecule has 0 fully saturated rings. The van der Waals surface area contributed by atoms with Gasteiger partial charge < -0.3 is 10.6 Å². The lowest BCUT2D eigenvalue weighted by Gasteiger charge is -2.06. The van der Waals surface area contributed by atoms with E-state index in [-0.39, 0.29) is 17.4 Å². The zero-order chi connectivity index (χ0) is 20.4. The van der Waals surface area contributed by atoms with Crippen LogP contribution < -0.4 is 10.6 Å². The third-order valence-electron chi connectivity index (χ3n) is 3.33. The van der Waals surface area contributed by atoms with Crippen molar-refractivity contribution in [2.75, 3.05) is 10.6 Å². The van der Waals surface area contributed by atoms with Crippen molar-refractivity contribution in [1.29, 1.82) is 0 Å². The van der Waals surface area contributed by atoms with Gasteiger partial charge in [-0.3, -0.25) is 20.2 Å². The number of urea groups is 1. The van der Waals surface area contributed by atoms with E-state index in [1.165, 1.54) is 0 Å². The summed E-state index contributed by atoms with van der Waals surface area (Å²) in [6.07, 6.45) is 0. The van der Waals surface area contributed by atoms with Crippen molar-refractivity contribution >= 4 is 28.8 Å². The van der Waals surface area contributed by atoms with Crippen LogP contribution >= 0.6 is 0 Å². The van der Waals surface area contributed by atoms with Gasteiger partial charge in [-0.05, 0) is 24.3 Å². The van der Waals surface area contributed by atoms with Crippen LogP contribution in [0, 0.1) is 20.2 Å². The lowest BCUT2D eigenvalue weighted by atomic mass is 10.3. The quantitative estimate of drug-likeness (QED) is 0.495. The summed E-state index contributed by atoms with van der Waals surface area (Å²) in [6, 6.07) is 22.8. The number of amides is 2. The lowest BCUT2D eigenvalue weighted by Crippen LogP contribution is -2.19. The van der Waals surface area contributed by atoms with E-state index in [1.807, 2.05) is 60.7 Å². The fraction of sp³-hybridized carbons (Fsp3) is 0. The van der Waals surface area contributed by atoms with Crippen LogP contribution in [0.4, 0.5) is 27.5 Å². The Hall–Kier alpha value is -4.27. The first kappa shape index (κ1) is 20.0. The number of para-hydroxylation sites is 2. The molecule has 0 saturated carbocycles. The molecule has 3 rings (SSSR count). The van der Waals surface area contributed by atoms with E-state index in [2.05, 4.69) is 10.6 Å². The fourth-order valence-electron chi connectivity index (χ4n) is 2.03. The Bertz CT molecular complexity index is 855. The second-order valence-corrected chi connectivity index (χ2v) is 5.34. The van der Waals surface area contributed by atoms with Gasteiger partial charge in [0, 0.05) is 35.6 Å². The topological polar surface area (TPSA) is 127 Å². The number of nitrogens with zero attached hydrogens (tertiary/aromatic N) is 2. The number of non-ortho nitro benzene ring substituents is 2. The SMILES string of the molecule is O=C(Nc1ccccc1)Nc1ccccc1.O=[N+]([O-])c1ccc([N+](=O)[O-])cc1. The molecule has 0 unspecified atom stereocenters. The molecule has 0 saturated heterocycles. The normalized spacial score (nSPS) is 9.43. The van der Waals surface area contributed by atoms with E-state index >= 15 is 0 Å². The van der Waals surface area contributed by atoms with Crippen LogP contribution in [0.25, 0.3) is 0 Å². The molecule has 142 valence electrons. The van der Waals surface area contributed by atoms with Crippen molar-refractivity contribution < 1.29 is 14.6 Å². The van der Waals surface area contributed by atoms with Gasteiger partial charge in [-0.25, -0.2) is 4.79 Å². The van der Waals surface area contributed by atoms with Gasteiger partial charge in [0.25, 0.3) is 11.4 Å². The highest BCUT2D eigenvalue weighted by atomic mass is 16.6. The molecule has 2 amide bonds. The summed E-state index contributed by atoms with van der Waals surface area (Å²) in [4.78, 5) is 30.6. The third-order valence-corrected chi connectivity index (χ3v) is 3.33. The van der Waals surface area contributed by atoms with Crippen LogP contribution in [-0.4, -0.2) is 15.9 Å². The van der Waals surface area contributed by atoms with Gasteiger partial charge in [0.2, 0.25) is 0 Å². The van der Waals surface area contributed by atoms with Crippen molar-refractivity contribution in [3.05, 3.63) is 105 Å². The Labute approximate surface area is 159 Å². The Morgan fingerprint density at radius 2 is 0.929 bits per heavy atom. The van der Waals surface area contributed by atoms with E-state index < -0.39 is 9.85 Å². The molecule has 2 N–H and O–H groups in total. The van der Waals surface area contributed by atoms with Crippen LogP contribution in [0.2, 0.25) is 0 Å². The number of hydrogen-bond donors (Lipinski definition) is 2. The summed E-state index contributed by atoms with van der Waals surface area (Å²) < 4.78 is 0. The minimum absolute atomic E-state index is 0.152. The fourth-order valence-corrected chi connectivity index (χ4v) is 2.03. The molecule has 0 aliphatic heterocycles. The Morgan fingerprint density at radius 1 is 0.607 bits per heavy atom. The molecule has 0 aromatic heterocycles. The van der Waals surface area contributed by atoms with Crippen molar-refractivity contribution in [2.45, 2.75) is 0 Å². The maximum absolute atomic E-state index is 11.6. The number of carbonyl (C=O) groups excluding carboxylic acids is 1. The molecule has 0 radical (unpaired) electrons. The molecular weight excluding hydrogens is 364 g/mol. The molecule has 9 nitrogen and oxygen atoms in total. The first-order valence-electron chi connectivity index (χ1n) is 8.02. The van der Waals surface area contributed by atoms with Crippen molar-refractivity contribution in [2.24, 2.45) is 0 Å². The largest absolute Gasteiger partial charge is 0.323 e. The monoisotopic (exact) mass is 380 g/mol. The predicted octanol–water partition coefficient (Wildman–Crippen LogP) is 4.83. The number of benzene rings is 3. The molecule has 28 heavy (non-hydrogen) atoms. The molecule has 0 spiro atoms. The molecule has 0 aliphatic carbocycles. The molecule has 0 atom stereocenters. The van der Waals surface area contributed by atoms with Gasteiger partial charge in [0.1, 0.15) is 0 Å². The van der Waals surface area contributed by atoms with Crippen LogP contribution in [0.15, 0.2) is 84.9 Å². The first-order valence-corrected chi connectivity index (χ1v) is 8.02. The van der Waals surface area contributed by atoms with Crippen molar-refractivity contribution in [1.82, 2.24) is 0 Å². The van der Waals surface area contributed by atoms with Gasteiger partial charge in [-0.15, -0.1) is 0 Å². The average Bonchev–Trinajstić information content (AvgIpc) is 2.70. The summed E-state index contributed by atoms with van der Waals surface area (Å²) >= 11 is 0. The maximum atomic E-state index is 11.6. The van der Waals surface area contributed by atoms with Gasteiger partial charge in [-0.2, -0.15) is 0 Å². The van der Waals surface area contributed by atoms with Crippen molar-refractivity contribution in [3.63, 3.8) is 0 Å². The average molecular weight is 380 g/mol. The second-order valence-electron chi connectivity index (χ2n) is 5.34. The molecule has 0 bridgehead atoms. The number of nitro groups is 2. The highest BCUT2D eigenvalue weighted by molar-refractivity contribution is 5.99. The van der Waals surface area contributed by atoms with Crippen LogP contribution in [0.1, 0.15) is 0 Å². The third kappa shape index (κ3) is 6.56. The Balaban J connectivity index is 0.000000209. The van der Waals surface area contributed by atoms with Crippen LogP contribution in [0.3, 0.4) is 0 Å². The number of hydrogen-bond acceptors (Lipinski definition) is 5. The van der Waals surface area contributed by atoms with Crippen molar-refractivity contribution in [3.8, 4) is 0 Å². The summed E-state index contributed by atoms with van der Waals surface area (Å²) in [5.41, 5.74) is 1.24. The molecule has 0 heterocycles. The predicted molar refractivity (Wildman–Crippen MR) is 105 cm³/mol. The minimum Gasteiger partial charge on any atom is -0.308 e. The van der Waals surface area contributed by atoms with E-state index in [0.29, 0.717) is 0 Å². The zero-order valence-electron chi connectivity index (χ0n) is 14.5. The smallest absolute Gasteiger partial charge is 0.308 e. The van der Waals surface area contributed by atoms with Gasteiger partial charge in [0.15, 0.2) is 0 Å². The van der Waals surface area contributed by atoms with Gasteiger partial charge in [0.05, 0.1) is 9.85 Å². The number of anilines is 2. The highest BCUT2D eigenvalue weighted by Crippen LogP contribution is 2.16. The van der Waals surface area contributed by atoms with Crippen LogP contribution in [0.5, 0.6) is 0 Å². The highest BCUT2D eigenvalue weighted by Gasteiger charge is 2.08. The second kappa shape index (κ2) is 10.0. The first-order chi connectivity index (χ1) is 13.5. The Kier molecular flexibility index (Phi) is 7.17. The van der Waals surface area contributed by atoms with E-state index in [4.69, 9.17) is 0 Å².